The fourth-order valence-corrected chi connectivity index (χ4v) is 8.48. The summed E-state index contributed by atoms with van der Waals surface area (Å²) < 4.78 is 18.7. The maximum Gasteiger partial charge on any atom is 0.266 e. The molecule has 10 nitrogen and oxygen atoms in total. The van der Waals surface area contributed by atoms with Crippen LogP contribution in [0.2, 0.25) is 0 Å². The van der Waals surface area contributed by atoms with Crippen molar-refractivity contribution in [2.75, 3.05) is 26.2 Å². The lowest BCUT2D eigenvalue weighted by atomic mass is 9.79. The van der Waals surface area contributed by atoms with E-state index in [1.54, 1.807) is 29.4 Å². The van der Waals surface area contributed by atoms with Crippen LogP contribution in [0.1, 0.15) is 59.3 Å². The molecular formula is C37H37FN6O4S. The molecule has 0 radical (unpaired) electrons. The van der Waals surface area contributed by atoms with Crippen molar-refractivity contribution in [3.63, 3.8) is 0 Å². The molecule has 1 saturated carbocycles. The van der Waals surface area contributed by atoms with E-state index < -0.39 is 11.4 Å². The molecule has 49 heavy (non-hydrogen) atoms. The number of amides is 2. The van der Waals surface area contributed by atoms with E-state index in [1.807, 2.05) is 47.5 Å². The molecule has 12 heteroatoms. The van der Waals surface area contributed by atoms with Crippen LogP contribution in [-0.2, 0) is 11.3 Å². The lowest BCUT2D eigenvalue weighted by molar-refractivity contribution is -0.142. The van der Waals surface area contributed by atoms with Crippen LogP contribution in [-0.4, -0.2) is 77.6 Å². The molecule has 6 heterocycles. The second kappa shape index (κ2) is 12.6. The van der Waals surface area contributed by atoms with Gasteiger partial charge >= 0.3 is 0 Å². The molecule has 2 saturated heterocycles. The normalized spacial score (nSPS) is 20.9. The van der Waals surface area contributed by atoms with Crippen molar-refractivity contribution < 1.29 is 19.1 Å². The monoisotopic (exact) mass is 680 g/mol. The zero-order valence-electron chi connectivity index (χ0n) is 27.0. The fraction of sp³-hybridized carbons (Fsp3) is 0.378. The van der Waals surface area contributed by atoms with Gasteiger partial charge in [-0.15, -0.1) is 11.3 Å². The van der Waals surface area contributed by atoms with Crippen LogP contribution in [0.4, 0.5) is 4.39 Å². The van der Waals surface area contributed by atoms with Crippen LogP contribution in [0.25, 0.3) is 21.5 Å². The van der Waals surface area contributed by atoms with Gasteiger partial charge in [0.25, 0.3) is 11.5 Å². The number of benzene rings is 1. The molecule has 0 spiro atoms. The minimum atomic E-state index is -1.15. The Kier molecular flexibility index (Phi) is 8.15. The van der Waals surface area contributed by atoms with E-state index in [0.717, 1.165) is 35.3 Å². The van der Waals surface area contributed by atoms with Crippen LogP contribution in [0.3, 0.4) is 0 Å². The number of aromatic nitrogens is 4. The van der Waals surface area contributed by atoms with Gasteiger partial charge in [0.15, 0.2) is 0 Å². The smallest absolute Gasteiger partial charge is 0.266 e. The van der Waals surface area contributed by atoms with Crippen molar-refractivity contribution >= 4 is 34.2 Å². The number of pyridine rings is 1. The van der Waals surface area contributed by atoms with Crippen molar-refractivity contribution in [1.29, 1.82) is 0 Å². The maximum atomic E-state index is 15.1. The molecule has 3 fully saturated rings. The highest BCUT2D eigenvalue weighted by atomic mass is 32.1. The molecule has 2 atom stereocenters. The maximum absolute atomic E-state index is 15.1. The molecule has 1 N–H and O–H groups in total. The minimum Gasteiger partial charge on any atom is -0.388 e. The highest BCUT2D eigenvalue weighted by Gasteiger charge is 2.42. The zero-order chi connectivity index (χ0) is 33.7. The number of likely N-dealkylation sites (tertiary alicyclic amines) is 2. The molecule has 3 aliphatic rings. The van der Waals surface area contributed by atoms with Crippen molar-refractivity contribution in [1.82, 2.24) is 28.9 Å². The molecule has 1 aromatic carbocycles. The number of aliphatic hydroxyl groups is 1. The highest BCUT2D eigenvalue weighted by molar-refractivity contribution is 7.17. The molecule has 2 aliphatic heterocycles. The topological polar surface area (TPSA) is 114 Å². The van der Waals surface area contributed by atoms with Crippen molar-refractivity contribution in [2.24, 2.45) is 5.92 Å². The number of rotatable bonds is 7. The zero-order valence-corrected chi connectivity index (χ0v) is 27.8. The molecule has 4 aromatic heterocycles. The lowest BCUT2D eigenvalue weighted by Gasteiger charge is -2.43. The first kappa shape index (κ1) is 31.6. The second-order valence-electron chi connectivity index (χ2n) is 13.6. The van der Waals surface area contributed by atoms with Gasteiger partial charge in [0.2, 0.25) is 5.91 Å². The second-order valence-corrected chi connectivity index (χ2v) is 14.7. The van der Waals surface area contributed by atoms with Crippen molar-refractivity contribution in [3.8, 4) is 10.4 Å². The predicted octanol–water partition coefficient (Wildman–Crippen LogP) is 5.10. The molecule has 2 amide bonds. The van der Waals surface area contributed by atoms with E-state index in [-0.39, 0.29) is 40.6 Å². The lowest BCUT2D eigenvalue weighted by Crippen LogP contribution is -2.53. The Balaban J connectivity index is 0.958. The first-order valence-electron chi connectivity index (χ1n) is 16.9. The summed E-state index contributed by atoms with van der Waals surface area (Å²) in [6.45, 7) is 1.45. The van der Waals surface area contributed by atoms with Crippen molar-refractivity contribution in [2.45, 2.75) is 56.2 Å². The summed E-state index contributed by atoms with van der Waals surface area (Å²) in [6.07, 6.45) is 10.0. The summed E-state index contributed by atoms with van der Waals surface area (Å²) in [7, 11) is 0. The number of carbonyl (C=O) groups excluding carboxylic acids is 2. The third-order valence-corrected chi connectivity index (χ3v) is 11.5. The van der Waals surface area contributed by atoms with Gasteiger partial charge in [-0.3, -0.25) is 23.9 Å². The number of hydrogen-bond acceptors (Lipinski definition) is 7. The number of halogens is 1. The third kappa shape index (κ3) is 6.08. The molecule has 0 unspecified atom stereocenters. The Labute approximate surface area is 286 Å². The number of carbonyl (C=O) groups is 2. The number of thiophene rings is 1. The van der Waals surface area contributed by atoms with Gasteiger partial charge in [0.1, 0.15) is 22.7 Å². The quantitative estimate of drug-likeness (QED) is 0.256. The molecule has 8 rings (SSSR count). The van der Waals surface area contributed by atoms with Gasteiger partial charge in [-0.1, -0.05) is 30.3 Å². The van der Waals surface area contributed by atoms with Gasteiger partial charge in [-0.25, -0.2) is 9.37 Å². The van der Waals surface area contributed by atoms with E-state index >= 15 is 4.39 Å². The molecular weight excluding hydrogens is 644 g/mol. The van der Waals surface area contributed by atoms with Crippen LogP contribution < -0.4 is 5.56 Å². The van der Waals surface area contributed by atoms with E-state index in [1.165, 1.54) is 17.0 Å². The standard InChI is InChI=1S/C37H37FN6O4S/c38-30-20-31(25-8-14-39-15-9-25)49-32(30)36(47)42-16-10-27(29(21-42)24-4-2-1-3-5-24)34(45)41-18-12-37(48,13-19-41)22-43-23-40-33-28(35(43)46)11-17-44(33)26-6-7-26/h1-5,8-9,11,14-15,17,20,23,26-27,29,48H,6-7,10,12-13,16,18-19,21-22H2/t27-,29+/m1/s1. The van der Waals surface area contributed by atoms with Crippen molar-refractivity contribution in [3.05, 3.63) is 106 Å². The fourth-order valence-electron chi connectivity index (χ4n) is 7.47. The summed E-state index contributed by atoms with van der Waals surface area (Å²) in [6, 6.07) is 16.9. The Hall–Kier alpha value is -4.68. The number of hydrogen-bond donors (Lipinski definition) is 1. The van der Waals surface area contributed by atoms with E-state index in [4.69, 9.17) is 0 Å². The molecule has 0 bridgehead atoms. The van der Waals surface area contributed by atoms with E-state index in [0.29, 0.717) is 67.4 Å². The van der Waals surface area contributed by atoms with Crippen LogP contribution in [0.15, 0.2) is 84.3 Å². The summed E-state index contributed by atoms with van der Waals surface area (Å²) in [5.41, 5.74) is 1.12. The summed E-state index contributed by atoms with van der Waals surface area (Å²) in [5, 5.41) is 12.1. The average Bonchev–Trinajstić information content (AvgIpc) is 3.76. The Morgan fingerprint density at radius 1 is 0.980 bits per heavy atom. The largest absolute Gasteiger partial charge is 0.388 e. The van der Waals surface area contributed by atoms with Gasteiger partial charge in [0, 0.05) is 67.5 Å². The Morgan fingerprint density at radius 2 is 1.73 bits per heavy atom. The summed E-state index contributed by atoms with van der Waals surface area (Å²) in [4.78, 5) is 53.9. The number of nitrogens with zero attached hydrogens (tertiary/aromatic N) is 6. The Morgan fingerprint density at radius 3 is 2.47 bits per heavy atom. The number of piperidine rings is 2. The van der Waals surface area contributed by atoms with Gasteiger partial charge < -0.3 is 19.5 Å². The molecule has 5 aromatic rings. The van der Waals surface area contributed by atoms with Gasteiger partial charge in [-0.05, 0) is 67.5 Å². The first-order chi connectivity index (χ1) is 23.8. The van der Waals surface area contributed by atoms with Crippen LogP contribution >= 0.6 is 11.3 Å². The third-order valence-electron chi connectivity index (χ3n) is 10.4. The highest BCUT2D eigenvalue weighted by Crippen LogP contribution is 2.39. The van der Waals surface area contributed by atoms with Crippen LogP contribution in [0.5, 0.6) is 0 Å². The first-order valence-corrected chi connectivity index (χ1v) is 17.7. The van der Waals surface area contributed by atoms with E-state index in [2.05, 4.69) is 14.5 Å². The number of fused-ring (bicyclic) bond motifs is 1. The minimum absolute atomic E-state index is 0.00746. The van der Waals surface area contributed by atoms with Gasteiger partial charge in [0.05, 0.1) is 17.5 Å². The summed E-state index contributed by atoms with van der Waals surface area (Å²) in [5.74, 6) is -1.57. The van der Waals surface area contributed by atoms with Crippen LogP contribution in [0, 0.1) is 11.7 Å². The van der Waals surface area contributed by atoms with Gasteiger partial charge in [-0.2, -0.15) is 0 Å². The van der Waals surface area contributed by atoms with E-state index in [9.17, 15) is 19.5 Å². The molecule has 252 valence electrons. The predicted molar refractivity (Wildman–Crippen MR) is 184 cm³/mol. The molecule has 1 aliphatic carbocycles. The Bertz CT molecular complexity index is 2070. The average molecular weight is 681 g/mol. The SMILES string of the molecule is O=C(c1sc(-c2ccncc2)cc1F)N1CC[C@@H](C(=O)N2CCC(O)(Cn3cnc4c(ccn4C4CC4)c3=O)CC2)[C@H](c2ccccc2)C1. The summed E-state index contributed by atoms with van der Waals surface area (Å²) >= 11 is 1.13.